The fourth-order valence-electron chi connectivity index (χ4n) is 5.22. The topological polar surface area (TPSA) is 65.6 Å². The van der Waals surface area contributed by atoms with Crippen LogP contribution in [0.25, 0.3) is 17.0 Å². The van der Waals surface area contributed by atoms with Crippen molar-refractivity contribution in [2.45, 2.75) is 26.4 Å². The van der Waals surface area contributed by atoms with Gasteiger partial charge in [0.05, 0.1) is 28.5 Å². The smallest absolute Gasteiger partial charge is 0.338 e. The summed E-state index contributed by atoms with van der Waals surface area (Å²) in [6, 6.07) is 20.7. The van der Waals surface area contributed by atoms with Crippen LogP contribution in [0.3, 0.4) is 0 Å². The van der Waals surface area contributed by atoms with Gasteiger partial charge >= 0.3 is 5.97 Å². The summed E-state index contributed by atoms with van der Waals surface area (Å²) in [6.07, 6.45) is 3.87. The van der Waals surface area contributed by atoms with Crippen LogP contribution in [0.1, 0.15) is 36.6 Å². The summed E-state index contributed by atoms with van der Waals surface area (Å²) in [7, 11) is 0. The van der Waals surface area contributed by atoms with Crippen molar-refractivity contribution in [3.8, 4) is 0 Å². The van der Waals surface area contributed by atoms with Gasteiger partial charge in [0.2, 0.25) is 0 Å². The van der Waals surface area contributed by atoms with Gasteiger partial charge in [-0.3, -0.25) is 9.36 Å². The summed E-state index contributed by atoms with van der Waals surface area (Å²) in [5, 5.41) is 1.68. The molecule has 6 nitrogen and oxygen atoms in total. The first-order valence-electron chi connectivity index (χ1n) is 13.1. The highest BCUT2D eigenvalue weighted by molar-refractivity contribution is 7.07. The molecule has 1 aliphatic heterocycles. The first-order chi connectivity index (χ1) is 19.9. The second-order valence-electron chi connectivity index (χ2n) is 9.67. The number of fused-ring (bicyclic) bond motifs is 2. The van der Waals surface area contributed by atoms with Crippen LogP contribution < -0.4 is 14.9 Å². The van der Waals surface area contributed by atoms with Crippen LogP contribution >= 0.6 is 22.9 Å². The quantitative estimate of drug-likeness (QED) is 0.244. The molecule has 0 saturated heterocycles. The number of hydrogen-bond donors (Lipinski definition) is 0. The lowest BCUT2D eigenvalue weighted by atomic mass is 9.96. The maximum atomic E-state index is 14.0. The molecule has 0 radical (unpaired) electrons. The SMILES string of the molecule is CCOC(=O)C1=C(C)N=c2s/c(=C\c3cn(Cc4ccccc4Cl)c4ccccc34)c(=O)n2[C@@H]1c1ccc(F)cc1. The van der Waals surface area contributed by atoms with Crippen molar-refractivity contribution in [3.63, 3.8) is 0 Å². The number of carbonyl (C=O) groups excluding carboxylic acids is 1. The Morgan fingerprint density at radius 3 is 2.59 bits per heavy atom. The number of ether oxygens (including phenoxy) is 1. The van der Waals surface area contributed by atoms with Gasteiger partial charge in [0, 0.05) is 34.2 Å². The van der Waals surface area contributed by atoms with Gasteiger partial charge in [0.15, 0.2) is 4.80 Å². The standard InChI is InChI=1S/C32H25ClFN3O3S/c1-3-40-31(39)28-19(2)35-32-37(29(28)20-12-14-23(34)15-13-20)30(38)27(41-32)16-22-18-36(26-11-7-5-9-24(22)26)17-21-8-4-6-10-25(21)33/h4-16,18,29H,3,17H2,1-2H3/b27-16-/t29-/m1/s1. The maximum absolute atomic E-state index is 14.0. The summed E-state index contributed by atoms with van der Waals surface area (Å²) in [6.45, 7) is 4.19. The van der Waals surface area contributed by atoms with Crippen LogP contribution in [-0.2, 0) is 16.1 Å². The van der Waals surface area contributed by atoms with Gasteiger partial charge in [-0.2, -0.15) is 0 Å². The van der Waals surface area contributed by atoms with Gasteiger partial charge in [-0.25, -0.2) is 14.2 Å². The third-order valence-electron chi connectivity index (χ3n) is 7.11. The van der Waals surface area contributed by atoms with Crippen molar-refractivity contribution >= 4 is 45.9 Å². The van der Waals surface area contributed by atoms with E-state index >= 15 is 0 Å². The van der Waals surface area contributed by atoms with Crippen LogP contribution in [0.4, 0.5) is 4.39 Å². The molecule has 0 amide bonds. The number of thiazole rings is 1. The van der Waals surface area contributed by atoms with Gasteiger partial charge in [0.1, 0.15) is 5.82 Å². The second kappa shape index (κ2) is 11.0. The molecule has 2 aromatic heterocycles. The monoisotopic (exact) mass is 585 g/mol. The van der Waals surface area contributed by atoms with E-state index in [1.54, 1.807) is 26.0 Å². The number of halogens is 2. The predicted octanol–water partition coefficient (Wildman–Crippen LogP) is 5.59. The summed E-state index contributed by atoms with van der Waals surface area (Å²) in [5.41, 5.74) is 3.89. The van der Waals surface area contributed by atoms with E-state index in [1.807, 2.05) is 60.8 Å². The third-order valence-corrected chi connectivity index (χ3v) is 8.46. The highest BCUT2D eigenvalue weighted by atomic mass is 35.5. The van der Waals surface area contributed by atoms with Crippen molar-refractivity contribution in [1.29, 1.82) is 0 Å². The fourth-order valence-corrected chi connectivity index (χ4v) is 6.46. The highest BCUT2D eigenvalue weighted by Crippen LogP contribution is 2.31. The summed E-state index contributed by atoms with van der Waals surface area (Å²) >= 11 is 7.70. The first kappa shape index (κ1) is 26.9. The molecule has 0 spiro atoms. The van der Waals surface area contributed by atoms with E-state index < -0.39 is 17.8 Å². The average Bonchev–Trinajstić information content (AvgIpc) is 3.46. The molecule has 0 fully saturated rings. The largest absolute Gasteiger partial charge is 0.463 e. The number of rotatable bonds is 6. The minimum absolute atomic E-state index is 0.175. The van der Waals surface area contributed by atoms with Crippen molar-refractivity contribution < 1.29 is 13.9 Å². The number of allylic oxidation sites excluding steroid dienone is 1. The van der Waals surface area contributed by atoms with E-state index in [2.05, 4.69) is 9.56 Å². The normalized spacial score (nSPS) is 15.2. The van der Waals surface area contributed by atoms with E-state index in [1.165, 1.54) is 28.0 Å². The fraction of sp³-hybridized carbons (Fsp3) is 0.156. The first-order valence-corrected chi connectivity index (χ1v) is 14.3. The van der Waals surface area contributed by atoms with Crippen molar-refractivity contribution in [1.82, 2.24) is 9.13 Å². The van der Waals surface area contributed by atoms with E-state index in [0.29, 0.717) is 32.2 Å². The average molecular weight is 586 g/mol. The van der Waals surface area contributed by atoms with Crippen molar-refractivity contribution in [3.05, 3.63) is 137 Å². The van der Waals surface area contributed by atoms with Crippen LogP contribution in [0.2, 0.25) is 5.02 Å². The lowest BCUT2D eigenvalue weighted by molar-refractivity contribution is -0.139. The minimum Gasteiger partial charge on any atom is -0.463 e. The molecule has 0 bridgehead atoms. The molecule has 206 valence electrons. The molecule has 1 aliphatic rings. The second-order valence-corrected chi connectivity index (χ2v) is 11.1. The number of nitrogens with zero attached hydrogens (tertiary/aromatic N) is 3. The molecule has 3 aromatic carbocycles. The Morgan fingerprint density at radius 1 is 1.10 bits per heavy atom. The number of hydrogen-bond acceptors (Lipinski definition) is 5. The Kier molecular flexibility index (Phi) is 7.19. The summed E-state index contributed by atoms with van der Waals surface area (Å²) in [5.74, 6) is -0.965. The molecule has 3 heterocycles. The van der Waals surface area contributed by atoms with E-state index in [4.69, 9.17) is 16.3 Å². The van der Waals surface area contributed by atoms with Crippen molar-refractivity contribution in [2.75, 3.05) is 6.61 Å². The van der Waals surface area contributed by atoms with Gasteiger partial charge in [-0.1, -0.05) is 71.5 Å². The molecular formula is C32H25ClFN3O3S. The van der Waals surface area contributed by atoms with E-state index in [9.17, 15) is 14.0 Å². The van der Waals surface area contributed by atoms with Gasteiger partial charge < -0.3 is 9.30 Å². The maximum Gasteiger partial charge on any atom is 0.338 e. The number of para-hydroxylation sites is 1. The third kappa shape index (κ3) is 4.94. The zero-order valence-corrected chi connectivity index (χ0v) is 23.9. The molecule has 5 aromatic rings. The van der Waals surface area contributed by atoms with Crippen LogP contribution in [-0.4, -0.2) is 21.7 Å². The Labute approximate surface area is 243 Å². The minimum atomic E-state index is -0.797. The molecule has 0 unspecified atom stereocenters. The molecule has 9 heteroatoms. The molecule has 0 aliphatic carbocycles. The molecule has 0 N–H and O–H groups in total. The Bertz CT molecular complexity index is 2020. The molecule has 0 saturated carbocycles. The highest BCUT2D eigenvalue weighted by Gasteiger charge is 2.33. The predicted molar refractivity (Wildman–Crippen MR) is 159 cm³/mol. The van der Waals surface area contributed by atoms with E-state index in [0.717, 1.165) is 22.0 Å². The van der Waals surface area contributed by atoms with Gasteiger partial charge in [-0.05, 0) is 55.3 Å². The summed E-state index contributed by atoms with van der Waals surface area (Å²) in [4.78, 5) is 32.1. The summed E-state index contributed by atoms with van der Waals surface area (Å²) < 4.78 is 23.2. The zero-order chi connectivity index (χ0) is 28.7. The number of carbonyl (C=O) groups is 1. The van der Waals surface area contributed by atoms with Gasteiger partial charge in [0.25, 0.3) is 5.56 Å². The molecule has 41 heavy (non-hydrogen) atoms. The number of benzene rings is 3. The van der Waals surface area contributed by atoms with Crippen LogP contribution in [0, 0.1) is 5.82 Å². The van der Waals surface area contributed by atoms with Crippen LogP contribution in [0.15, 0.2) is 100 Å². The van der Waals surface area contributed by atoms with Gasteiger partial charge in [-0.15, -0.1) is 0 Å². The number of esters is 1. The molecule has 1 atom stereocenters. The lowest BCUT2D eigenvalue weighted by Gasteiger charge is -2.24. The Morgan fingerprint density at radius 2 is 1.83 bits per heavy atom. The van der Waals surface area contributed by atoms with Crippen LogP contribution in [0.5, 0.6) is 0 Å². The molecular weight excluding hydrogens is 561 g/mol. The zero-order valence-electron chi connectivity index (χ0n) is 22.3. The number of aromatic nitrogens is 2. The lowest BCUT2D eigenvalue weighted by Crippen LogP contribution is -2.39. The van der Waals surface area contributed by atoms with Crippen molar-refractivity contribution in [2.24, 2.45) is 4.99 Å². The Balaban J connectivity index is 1.52. The Hall–Kier alpha value is -4.27. The molecule has 6 rings (SSSR count). The van der Waals surface area contributed by atoms with E-state index in [-0.39, 0.29) is 17.7 Å².